The van der Waals surface area contributed by atoms with Gasteiger partial charge < -0.3 is 15.7 Å². The van der Waals surface area contributed by atoms with Crippen LogP contribution in [0.1, 0.15) is 4.88 Å². The van der Waals surface area contributed by atoms with Crippen LogP contribution in [0.5, 0.6) is 0 Å². The van der Waals surface area contributed by atoms with Gasteiger partial charge in [-0.25, -0.2) is 4.79 Å². The number of hydrogen-bond acceptors (Lipinski definition) is 9. The Morgan fingerprint density at radius 3 is 2.90 bits per heavy atom. The van der Waals surface area contributed by atoms with Crippen molar-refractivity contribution in [1.29, 1.82) is 0 Å². The van der Waals surface area contributed by atoms with Crippen LogP contribution in [0.2, 0.25) is 0 Å². The fourth-order valence-electron chi connectivity index (χ4n) is 3.16. The molecule has 0 saturated carbocycles. The number of β-lactam (4-membered cyclic amide) rings is 1. The Morgan fingerprint density at radius 1 is 1.41 bits per heavy atom. The minimum Gasteiger partial charge on any atom is -0.477 e. The van der Waals surface area contributed by atoms with E-state index in [9.17, 15) is 19.5 Å². The summed E-state index contributed by atoms with van der Waals surface area (Å²) in [5.74, 6) is -1.19. The Balaban J connectivity index is 1.44. The van der Waals surface area contributed by atoms with Gasteiger partial charge in [0.2, 0.25) is 5.91 Å². The van der Waals surface area contributed by atoms with Crippen molar-refractivity contribution in [1.82, 2.24) is 30.4 Å². The minimum atomic E-state index is -1.18. The molecule has 0 spiro atoms. The third-order valence-electron chi connectivity index (χ3n) is 4.45. The maximum atomic E-state index is 12.6. The van der Waals surface area contributed by atoms with Crippen LogP contribution in [0.4, 0.5) is 5.95 Å². The second-order valence-corrected chi connectivity index (χ2v) is 8.56. The van der Waals surface area contributed by atoms with Crippen LogP contribution in [-0.2, 0) is 27.9 Å². The summed E-state index contributed by atoms with van der Waals surface area (Å²) < 4.78 is 0. The Labute approximate surface area is 173 Å². The normalized spacial score (nSPS) is 20.9. The number of carboxylic acids is 1. The molecule has 152 valence electrons. The first-order valence-corrected chi connectivity index (χ1v) is 10.6. The SMILES string of the molecule is Cn1nnc(NCC2=C(C(=O)O)N3C(=O)C(NC(=O)Cc4cccs4)[C@@H]3SC2)n1. The number of carbonyl (C=O) groups excluding carboxylic acids is 2. The highest BCUT2D eigenvalue weighted by Crippen LogP contribution is 2.40. The lowest BCUT2D eigenvalue weighted by molar-refractivity contribution is -0.150. The first-order chi connectivity index (χ1) is 13.9. The number of aromatic nitrogens is 4. The number of nitrogens with zero attached hydrogens (tertiary/aromatic N) is 5. The summed E-state index contributed by atoms with van der Waals surface area (Å²) in [7, 11) is 1.62. The molecule has 2 aliphatic heterocycles. The Hall–Kier alpha value is -2.93. The largest absolute Gasteiger partial charge is 0.477 e. The molecule has 2 aromatic heterocycles. The molecule has 0 aromatic carbocycles. The van der Waals surface area contributed by atoms with Gasteiger partial charge in [0.05, 0.1) is 13.5 Å². The van der Waals surface area contributed by atoms with E-state index in [1.807, 2.05) is 17.5 Å². The maximum absolute atomic E-state index is 12.6. The molecule has 2 aliphatic rings. The molecule has 0 aliphatic carbocycles. The number of carbonyl (C=O) groups is 3. The maximum Gasteiger partial charge on any atom is 0.352 e. The van der Waals surface area contributed by atoms with E-state index in [0.717, 1.165) is 4.88 Å². The molecule has 1 fully saturated rings. The molecule has 29 heavy (non-hydrogen) atoms. The monoisotopic (exact) mass is 435 g/mol. The topological polar surface area (TPSA) is 142 Å². The summed E-state index contributed by atoms with van der Waals surface area (Å²) in [6.45, 7) is 0.173. The summed E-state index contributed by atoms with van der Waals surface area (Å²) in [6, 6.07) is 2.99. The Bertz CT molecular complexity index is 987. The number of carboxylic acid groups (broad SMARTS) is 1. The van der Waals surface area contributed by atoms with E-state index in [4.69, 9.17) is 0 Å². The van der Waals surface area contributed by atoms with E-state index >= 15 is 0 Å². The highest BCUT2D eigenvalue weighted by atomic mass is 32.2. The number of fused-ring (bicyclic) bond motifs is 1. The fourth-order valence-corrected chi connectivity index (χ4v) is 5.21. The molecule has 11 nitrogen and oxygen atoms in total. The predicted octanol–water partition coefficient (Wildman–Crippen LogP) is -0.335. The van der Waals surface area contributed by atoms with Gasteiger partial charge in [-0.3, -0.25) is 14.5 Å². The molecule has 0 radical (unpaired) electrons. The van der Waals surface area contributed by atoms with Gasteiger partial charge in [-0.2, -0.15) is 4.80 Å². The van der Waals surface area contributed by atoms with Crippen molar-refractivity contribution < 1.29 is 19.5 Å². The van der Waals surface area contributed by atoms with E-state index in [1.165, 1.54) is 32.8 Å². The standard InChI is InChI=1S/C16H17N7O4S2/c1-22-20-16(19-21-22)17-6-8-7-29-14-11(13(25)23(14)12(8)15(26)27)18-10(24)5-9-3-2-4-28-9/h2-4,11,14H,5-7H2,1H3,(H,17,20)(H,18,24)(H,26,27)/t11?,14-/m0/s1. The van der Waals surface area contributed by atoms with Crippen LogP contribution in [0, 0.1) is 0 Å². The molecular formula is C16H17N7O4S2. The van der Waals surface area contributed by atoms with Gasteiger partial charge in [-0.15, -0.1) is 28.2 Å². The average Bonchev–Trinajstić information content (AvgIpc) is 3.35. The lowest BCUT2D eigenvalue weighted by atomic mass is 10.0. The number of anilines is 1. The highest BCUT2D eigenvalue weighted by molar-refractivity contribution is 8.00. The van der Waals surface area contributed by atoms with Gasteiger partial charge >= 0.3 is 5.97 Å². The summed E-state index contributed by atoms with van der Waals surface area (Å²) in [6.07, 6.45) is 0.195. The van der Waals surface area contributed by atoms with Gasteiger partial charge in [-0.1, -0.05) is 11.2 Å². The summed E-state index contributed by atoms with van der Waals surface area (Å²) >= 11 is 2.88. The fraction of sp³-hybridized carbons (Fsp3) is 0.375. The molecule has 1 saturated heterocycles. The van der Waals surface area contributed by atoms with Crippen molar-refractivity contribution in [2.75, 3.05) is 17.6 Å². The second-order valence-electron chi connectivity index (χ2n) is 6.42. The van der Waals surface area contributed by atoms with Crippen LogP contribution in [0.25, 0.3) is 0 Å². The first kappa shape index (κ1) is 19.4. The van der Waals surface area contributed by atoms with E-state index < -0.39 is 23.3 Å². The highest BCUT2D eigenvalue weighted by Gasteiger charge is 2.54. The lowest BCUT2D eigenvalue weighted by Crippen LogP contribution is -2.70. The number of aliphatic carboxylic acids is 1. The van der Waals surface area contributed by atoms with Crippen LogP contribution >= 0.6 is 23.1 Å². The quantitative estimate of drug-likeness (QED) is 0.498. The minimum absolute atomic E-state index is 0.0566. The molecule has 2 aromatic rings. The Kier molecular flexibility index (Phi) is 5.24. The van der Waals surface area contributed by atoms with Crippen LogP contribution in [-0.4, -0.2) is 71.7 Å². The number of amides is 2. The summed E-state index contributed by atoms with van der Waals surface area (Å²) in [4.78, 5) is 40.1. The zero-order valence-electron chi connectivity index (χ0n) is 15.2. The van der Waals surface area contributed by atoms with Gasteiger partial charge in [-0.05, 0) is 22.2 Å². The van der Waals surface area contributed by atoms with Crippen LogP contribution < -0.4 is 10.6 Å². The summed E-state index contributed by atoms with van der Waals surface area (Å²) in [5, 5.41) is 28.2. The molecule has 13 heteroatoms. The van der Waals surface area contributed by atoms with Gasteiger partial charge in [0, 0.05) is 17.2 Å². The number of thioether (sulfide) groups is 1. The number of thiophene rings is 1. The predicted molar refractivity (Wildman–Crippen MR) is 105 cm³/mol. The lowest BCUT2D eigenvalue weighted by Gasteiger charge is -2.49. The summed E-state index contributed by atoms with van der Waals surface area (Å²) in [5.41, 5.74) is 0.488. The second kappa shape index (κ2) is 7.83. The molecule has 1 unspecified atom stereocenters. The number of hydrogen-bond donors (Lipinski definition) is 3. The molecule has 3 N–H and O–H groups in total. The number of nitrogens with one attached hydrogen (secondary N) is 2. The van der Waals surface area contributed by atoms with Crippen molar-refractivity contribution in [2.45, 2.75) is 17.8 Å². The molecular weight excluding hydrogens is 418 g/mol. The van der Waals surface area contributed by atoms with Gasteiger partial charge in [0.15, 0.2) is 0 Å². The van der Waals surface area contributed by atoms with E-state index in [2.05, 4.69) is 26.0 Å². The van der Waals surface area contributed by atoms with Crippen molar-refractivity contribution in [2.24, 2.45) is 7.05 Å². The molecule has 2 amide bonds. The first-order valence-electron chi connectivity index (χ1n) is 8.63. The van der Waals surface area contributed by atoms with Gasteiger partial charge in [0.25, 0.3) is 11.9 Å². The average molecular weight is 435 g/mol. The zero-order valence-corrected chi connectivity index (χ0v) is 16.9. The van der Waals surface area contributed by atoms with Crippen molar-refractivity contribution >= 4 is 46.8 Å². The third-order valence-corrected chi connectivity index (χ3v) is 6.67. The number of rotatable bonds is 7. The van der Waals surface area contributed by atoms with Crippen molar-refractivity contribution in [3.63, 3.8) is 0 Å². The number of aryl methyl sites for hydroxylation is 1. The smallest absolute Gasteiger partial charge is 0.352 e. The molecule has 4 heterocycles. The third kappa shape index (κ3) is 3.82. The van der Waals surface area contributed by atoms with Crippen LogP contribution in [0.3, 0.4) is 0 Å². The molecule has 2 atom stereocenters. The number of tetrazole rings is 1. The van der Waals surface area contributed by atoms with Gasteiger partial charge in [0.1, 0.15) is 17.1 Å². The Morgan fingerprint density at radius 2 is 2.24 bits per heavy atom. The zero-order chi connectivity index (χ0) is 20.5. The van der Waals surface area contributed by atoms with E-state index in [1.54, 1.807) is 7.05 Å². The van der Waals surface area contributed by atoms with Crippen molar-refractivity contribution in [3.05, 3.63) is 33.7 Å². The van der Waals surface area contributed by atoms with E-state index in [-0.39, 0.29) is 30.5 Å². The van der Waals surface area contributed by atoms with E-state index in [0.29, 0.717) is 11.3 Å². The van der Waals surface area contributed by atoms with Crippen LogP contribution in [0.15, 0.2) is 28.8 Å². The molecule has 4 rings (SSSR count). The molecule has 0 bridgehead atoms. The van der Waals surface area contributed by atoms with Crippen molar-refractivity contribution in [3.8, 4) is 0 Å².